The van der Waals surface area contributed by atoms with E-state index in [2.05, 4.69) is 4.98 Å². The van der Waals surface area contributed by atoms with Crippen LogP contribution in [0.1, 0.15) is 21.6 Å². The van der Waals surface area contributed by atoms with E-state index in [0.717, 1.165) is 0 Å². The van der Waals surface area contributed by atoms with Crippen LogP contribution in [0.25, 0.3) is 0 Å². The van der Waals surface area contributed by atoms with Crippen molar-refractivity contribution in [3.05, 3.63) is 28.0 Å². The van der Waals surface area contributed by atoms with E-state index in [4.69, 9.17) is 16.7 Å². The third-order valence-electron chi connectivity index (χ3n) is 1.67. The summed E-state index contributed by atoms with van der Waals surface area (Å²) in [7, 11) is 0. The van der Waals surface area contributed by atoms with E-state index < -0.39 is 5.97 Å². The molecule has 0 saturated heterocycles. The molecule has 0 unspecified atom stereocenters. The Morgan fingerprint density at radius 3 is 2.67 bits per heavy atom. The molecular weight excluding hydrogens is 178 g/mol. The number of carboxylic acids is 1. The average molecular weight is 186 g/mol. The first-order chi connectivity index (χ1) is 5.54. The number of pyridine rings is 1. The molecule has 0 fully saturated rings. The van der Waals surface area contributed by atoms with E-state index >= 15 is 0 Å². The van der Waals surface area contributed by atoms with E-state index in [9.17, 15) is 4.79 Å². The Morgan fingerprint density at radius 1 is 1.58 bits per heavy atom. The van der Waals surface area contributed by atoms with Gasteiger partial charge in [-0.1, -0.05) is 11.6 Å². The van der Waals surface area contributed by atoms with Gasteiger partial charge >= 0.3 is 5.97 Å². The highest BCUT2D eigenvalue weighted by Gasteiger charge is 2.11. The molecule has 0 saturated carbocycles. The topological polar surface area (TPSA) is 50.2 Å². The lowest BCUT2D eigenvalue weighted by molar-refractivity contribution is 0.0695. The molecule has 1 rings (SSSR count). The largest absolute Gasteiger partial charge is 0.478 e. The first kappa shape index (κ1) is 9.00. The first-order valence-corrected chi connectivity index (χ1v) is 3.77. The standard InChI is InChI=1S/C8H8ClNO2/c1-4-6(8(11)12)3-10-5(2)7(4)9/h3H,1-2H3,(H,11,12). The van der Waals surface area contributed by atoms with Crippen LogP contribution in [0.4, 0.5) is 0 Å². The maximum Gasteiger partial charge on any atom is 0.337 e. The van der Waals surface area contributed by atoms with E-state index in [1.54, 1.807) is 13.8 Å². The summed E-state index contributed by atoms with van der Waals surface area (Å²) in [5.74, 6) is -0.998. The van der Waals surface area contributed by atoms with Crippen molar-refractivity contribution >= 4 is 17.6 Å². The van der Waals surface area contributed by atoms with Gasteiger partial charge in [-0.3, -0.25) is 4.98 Å². The average Bonchev–Trinajstić information content (AvgIpc) is 2.00. The van der Waals surface area contributed by atoms with Crippen molar-refractivity contribution < 1.29 is 9.90 Å². The zero-order valence-corrected chi connectivity index (χ0v) is 7.51. The predicted octanol–water partition coefficient (Wildman–Crippen LogP) is 2.05. The zero-order chi connectivity index (χ0) is 9.30. The Labute approximate surface area is 75.0 Å². The van der Waals surface area contributed by atoms with Gasteiger partial charge in [0.05, 0.1) is 16.3 Å². The van der Waals surface area contributed by atoms with Gasteiger partial charge in [0.1, 0.15) is 0 Å². The van der Waals surface area contributed by atoms with Gasteiger partial charge in [0.25, 0.3) is 0 Å². The van der Waals surface area contributed by atoms with Gasteiger partial charge in [0, 0.05) is 6.20 Å². The molecule has 12 heavy (non-hydrogen) atoms. The highest BCUT2D eigenvalue weighted by Crippen LogP contribution is 2.20. The van der Waals surface area contributed by atoms with Crippen molar-refractivity contribution in [3.63, 3.8) is 0 Å². The molecule has 0 aliphatic carbocycles. The number of aromatic carboxylic acids is 1. The highest BCUT2D eigenvalue weighted by molar-refractivity contribution is 6.32. The van der Waals surface area contributed by atoms with Crippen LogP contribution >= 0.6 is 11.6 Å². The highest BCUT2D eigenvalue weighted by atomic mass is 35.5. The molecule has 4 heteroatoms. The molecule has 0 spiro atoms. The molecular formula is C8H8ClNO2. The van der Waals surface area contributed by atoms with Crippen LogP contribution in [0.3, 0.4) is 0 Å². The summed E-state index contributed by atoms with van der Waals surface area (Å²) in [6.45, 7) is 3.40. The van der Waals surface area contributed by atoms with Crippen molar-refractivity contribution in [2.75, 3.05) is 0 Å². The normalized spacial score (nSPS) is 9.92. The fourth-order valence-electron chi connectivity index (χ4n) is 0.920. The van der Waals surface area contributed by atoms with Crippen LogP contribution in [-0.2, 0) is 0 Å². The molecule has 0 radical (unpaired) electrons. The quantitative estimate of drug-likeness (QED) is 0.729. The van der Waals surface area contributed by atoms with Crippen LogP contribution < -0.4 is 0 Å². The van der Waals surface area contributed by atoms with Gasteiger partial charge in [0.15, 0.2) is 0 Å². The summed E-state index contributed by atoms with van der Waals surface area (Å²) >= 11 is 5.80. The van der Waals surface area contributed by atoms with Crippen molar-refractivity contribution in [1.82, 2.24) is 4.98 Å². The second kappa shape index (κ2) is 3.11. The Hall–Kier alpha value is -1.09. The lowest BCUT2D eigenvalue weighted by Crippen LogP contribution is -2.02. The molecule has 1 aromatic rings. The molecule has 1 heterocycles. The molecule has 0 aliphatic heterocycles. The number of halogens is 1. The molecule has 64 valence electrons. The number of carbonyl (C=O) groups is 1. The maximum absolute atomic E-state index is 10.6. The summed E-state index contributed by atoms with van der Waals surface area (Å²) in [6, 6.07) is 0. The Bertz CT molecular complexity index is 336. The minimum atomic E-state index is -0.998. The Kier molecular flexibility index (Phi) is 2.33. The first-order valence-electron chi connectivity index (χ1n) is 3.39. The van der Waals surface area contributed by atoms with Gasteiger partial charge in [-0.25, -0.2) is 4.79 Å². The molecule has 1 aromatic heterocycles. The number of rotatable bonds is 1. The van der Waals surface area contributed by atoms with Crippen molar-refractivity contribution in [3.8, 4) is 0 Å². The van der Waals surface area contributed by atoms with Gasteiger partial charge in [-0.2, -0.15) is 0 Å². The number of aryl methyl sites for hydroxylation is 1. The second-order valence-corrected chi connectivity index (χ2v) is 2.88. The third-order valence-corrected chi connectivity index (χ3v) is 2.23. The molecule has 3 nitrogen and oxygen atoms in total. The van der Waals surface area contributed by atoms with Crippen molar-refractivity contribution in [2.45, 2.75) is 13.8 Å². The molecule has 0 bridgehead atoms. The lowest BCUT2D eigenvalue weighted by atomic mass is 10.1. The molecule has 1 N–H and O–H groups in total. The van der Waals surface area contributed by atoms with Gasteiger partial charge in [0.2, 0.25) is 0 Å². The number of nitrogens with zero attached hydrogens (tertiary/aromatic N) is 1. The molecule has 0 atom stereocenters. The number of aromatic nitrogens is 1. The van der Waals surface area contributed by atoms with E-state index in [0.29, 0.717) is 16.3 Å². The molecule has 0 aromatic carbocycles. The lowest BCUT2D eigenvalue weighted by Gasteiger charge is -2.03. The molecule has 0 aliphatic rings. The fourth-order valence-corrected chi connectivity index (χ4v) is 1.07. The predicted molar refractivity (Wildman–Crippen MR) is 45.7 cm³/mol. The van der Waals surface area contributed by atoms with Crippen LogP contribution in [0, 0.1) is 13.8 Å². The van der Waals surface area contributed by atoms with Crippen LogP contribution in [0.15, 0.2) is 6.20 Å². The summed E-state index contributed by atoms with van der Waals surface area (Å²) in [5.41, 5.74) is 1.38. The minimum absolute atomic E-state index is 0.158. The SMILES string of the molecule is Cc1ncc(C(=O)O)c(C)c1Cl. The number of hydrogen-bond acceptors (Lipinski definition) is 2. The van der Waals surface area contributed by atoms with Crippen molar-refractivity contribution in [1.29, 1.82) is 0 Å². The Morgan fingerprint density at radius 2 is 2.17 bits per heavy atom. The van der Waals surface area contributed by atoms with Gasteiger partial charge < -0.3 is 5.11 Å². The Balaban J connectivity index is 3.36. The summed E-state index contributed by atoms with van der Waals surface area (Å²) in [5, 5.41) is 9.11. The number of carboxylic acid groups (broad SMARTS) is 1. The summed E-state index contributed by atoms with van der Waals surface area (Å²) in [6.07, 6.45) is 1.32. The second-order valence-electron chi connectivity index (χ2n) is 2.50. The van der Waals surface area contributed by atoms with Crippen LogP contribution in [0.2, 0.25) is 5.02 Å². The monoisotopic (exact) mass is 185 g/mol. The van der Waals surface area contributed by atoms with Crippen LogP contribution in [0.5, 0.6) is 0 Å². The van der Waals surface area contributed by atoms with E-state index in [1.807, 2.05) is 0 Å². The van der Waals surface area contributed by atoms with E-state index in [-0.39, 0.29) is 5.56 Å². The fraction of sp³-hybridized carbons (Fsp3) is 0.250. The maximum atomic E-state index is 10.6. The number of hydrogen-bond donors (Lipinski definition) is 1. The van der Waals surface area contributed by atoms with Crippen LogP contribution in [-0.4, -0.2) is 16.1 Å². The minimum Gasteiger partial charge on any atom is -0.478 e. The van der Waals surface area contributed by atoms with Crippen molar-refractivity contribution in [2.24, 2.45) is 0 Å². The zero-order valence-electron chi connectivity index (χ0n) is 6.76. The molecule has 0 amide bonds. The smallest absolute Gasteiger partial charge is 0.337 e. The summed E-state index contributed by atoms with van der Waals surface area (Å²) in [4.78, 5) is 14.4. The third kappa shape index (κ3) is 1.41. The summed E-state index contributed by atoms with van der Waals surface area (Å²) < 4.78 is 0. The van der Waals surface area contributed by atoms with Gasteiger partial charge in [-0.15, -0.1) is 0 Å². The van der Waals surface area contributed by atoms with Gasteiger partial charge in [-0.05, 0) is 19.4 Å². The van der Waals surface area contributed by atoms with E-state index in [1.165, 1.54) is 6.20 Å².